The van der Waals surface area contributed by atoms with Gasteiger partial charge in [-0.25, -0.2) is 4.79 Å². The lowest BCUT2D eigenvalue weighted by atomic mass is 9.92. The highest BCUT2D eigenvalue weighted by Gasteiger charge is 2.71. The minimum atomic E-state index is -0.943. The Balaban J connectivity index is 1.38. The molecular weight excluding hydrogens is 470 g/mol. The zero-order valence-electron chi connectivity index (χ0n) is 20.3. The van der Waals surface area contributed by atoms with Gasteiger partial charge in [-0.1, -0.05) is 37.6 Å². The number of hydrogen-bond acceptors (Lipinski definition) is 5. The fourth-order valence-electron chi connectivity index (χ4n) is 6.38. The topological polar surface area (TPSA) is 105 Å². The molecule has 4 fully saturated rings. The van der Waals surface area contributed by atoms with Crippen LogP contribution in [0.2, 0.25) is 5.02 Å². The lowest BCUT2D eigenvalue weighted by molar-refractivity contribution is -0.148. The SMILES string of the molecule is COC(=O)[C@H](C[C@@H]1CCNC1=O)NC(=O)[C@@H]1[C@@H]2[C@H](CN1C(=O)C1(c3cccc(Cl)c3)CC1)C2(C)C. The van der Waals surface area contributed by atoms with Crippen molar-refractivity contribution in [1.82, 2.24) is 15.5 Å². The van der Waals surface area contributed by atoms with Crippen LogP contribution in [0.4, 0.5) is 0 Å². The summed E-state index contributed by atoms with van der Waals surface area (Å²) < 4.78 is 4.93. The summed E-state index contributed by atoms with van der Waals surface area (Å²) in [5, 5.41) is 6.19. The van der Waals surface area contributed by atoms with Crippen LogP contribution >= 0.6 is 11.6 Å². The molecule has 2 N–H and O–H groups in total. The summed E-state index contributed by atoms with van der Waals surface area (Å²) in [6, 6.07) is 5.78. The van der Waals surface area contributed by atoms with E-state index in [-0.39, 0.29) is 47.3 Å². The van der Waals surface area contributed by atoms with Crippen molar-refractivity contribution in [3.05, 3.63) is 34.9 Å². The monoisotopic (exact) mass is 501 g/mol. The number of ether oxygens (including phenoxy) is 1. The largest absolute Gasteiger partial charge is 0.467 e. The number of fused-ring (bicyclic) bond motifs is 1. The predicted octanol–water partition coefficient (Wildman–Crippen LogP) is 2.04. The number of nitrogens with one attached hydrogen (secondary N) is 2. The molecule has 0 bridgehead atoms. The second-order valence-electron chi connectivity index (χ2n) is 11.0. The van der Waals surface area contributed by atoms with E-state index in [1.165, 1.54) is 7.11 Å². The standard InChI is InChI=1S/C26H32ClN3O5/c1-25(2)17-13-30(24(34)26(8-9-26)15-5-4-6-16(27)12-15)20(19(17)25)22(32)29-18(23(33)35-3)11-14-7-10-28-21(14)31/h4-6,12,14,17-20H,7-11,13H2,1-3H3,(H,28,31)(H,29,32)/t14-,17-,18-,19-,20-/m0/s1. The predicted molar refractivity (Wildman–Crippen MR) is 128 cm³/mol. The van der Waals surface area contributed by atoms with Crippen LogP contribution in [0.5, 0.6) is 0 Å². The number of halogens is 1. The number of methoxy groups -OCH3 is 1. The Morgan fingerprint density at radius 1 is 1.29 bits per heavy atom. The summed E-state index contributed by atoms with van der Waals surface area (Å²) in [6.45, 7) is 5.31. The van der Waals surface area contributed by atoms with Gasteiger partial charge in [-0.05, 0) is 60.6 Å². The first-order valence-electron chi connectivity index (χ1n) is 12.3. The number of carbonyl (C=O) groups is 4. The van der Waals surface area contributed by atoms with Crippen LogP contribution in [0.25, 0.3) is 0 Å². The Morgan fingerprint density at radius 3 is 2.63 bits per heavy atom. The third-order valence-electron chi connectivity index (χ3n) is 8.76. The fourth-order valence-corrected chi connectivity index (χ4v) is 6.57. The van der Waals surface area contributed by atoms with Gasteiger partial charge in [0, 0.05) is 24.0 Å². The van der Waals surface area contributed by atoms with Crippen LogP contribution in [0.3, 0.4) is 0 Å². The summed E-state index contributed by atoms with van der Waals surface area (Å²) in [5.74, 6) is -1.21. The normalized spacial score (nSPS) is 30.2. The molecule has 2 heterocycles. The van der Waals surface area contributed by atoms with Crippen molar-refractivity contribution in [3.8, 4) is 0 Å². The minimum absolute atomic E-state index is 0.0229. The van der Waals surface area contributed by atoms with Crippen LogP contribution in [-0.2, 0) is 29.3 Å². The number of nitrogens with zero attached hydrogens (tertiary/aromatic N) is 1. The van der Waals surface area contributed by atoms with E-state index in [0.29, 0.717) is 24.5 Å². The van der Waals surface area contributed by atoms with Crippen molar-refractivity contribution in [2.75, 3.05) is 20.2 Å². The van der Waals surface area contributed by atoms with Crippen molar-refractivity contribution < 1.29 is 23.9 Å². The van der Waals surface area contributed by atoms with Crippen LogP contribution in [0.15, 0.2) is 24.3 Å². The molecular formula is C26H32ClN3O5. The highest BCUT2D eigenvalue weighted by Crippen LogP contribution is 2.66. The highest BCUT2D eigenvalue weighted by atomic mass is 35.5. The molecule has 9 heteroatoms. The molecule has 8 nitrogen and oxygen atoms in total. The molecule has 5 rings (SSSR count). The highest BCUT2D eigenvalue weighted by molar-refractivity contribution is 6.30. The van der Waals surface area contributed by atoms with Gasteiger partial charge in [-0.2, -0.15) is 0 Å². The van der Waals surface area contributed by atoms with E-state index in [2.05, 4.69) is 24.5 Å². The number of hydrogen-bond donors (Lipinski definition) is 2. The van der Waals surface area contributed by atoms with E-state index in [4.69, 9.17) is 16.3 Å². The summed E-state index contributed by atoms with van der Waals surface area (Å²) in [7, 11) is 1.27. The average Bonchev–Trinajstić information content (AvgIpc) is 3.59. The summed E-state index contributed by atoms with van der Waals surface area (Å²) in [6.07, 6.45) is 2.22. The van der Waals surface area contributed by atoms with E-state index in [1.54, 1.807) is 11.0 Å². The smallest absolute Gasteiger partial charge is 0.328 e. The maximum atomic E-state index is 13.9. The average molecular weight is 502 g/mol. The van der Waals surface area contributed by atoms with E-state index < -0.39 is 23.5 Å². The number of amides is 3. The first kappa shape index (κ1) is 24.1. The van der Waals surface area contributed by atoms with E-state index in [0.717, 1.165) is 18.4 Å². The Hall–Kier alpha value is -2.61. The van der Waals surface area contributed by atoms with Crippen LogP contribution in [-0.4, -0.2) is 60.9 Å². The molecule has 0 spiro atoms. The Labute approximate surface area is 210 Å². The zero-order valence-corrected chi connectivity index (χ0v) is 21.1. The lowest BCUT2D eigenvalue weighted by Crippen LogP contribution is -2.55. The lowest BCUT2D eigenvalue weighted by Gasteiger charge is -2.34. The van der Waals surface area contributed by atoms with Gasteiger partial charge in [0.2, 0.25) is 17.7 Å². The van der Waals surface area contributed by atoms with E-state index in [1.807, 2.05) is 18.2 Å². The summed E-state index contributed by atoms with van der Waals surface area (Å²) in [5.41, 5.74) is 0.180. The first-order valence-corrected chi connectivity index (χ1v) is 12.7. The number of esters is 1. The van der Waals surface area contributed by atoms with Crippen LogP contribution in [0.1, 0.15) is 45.1 Å². The van der Waals surface area contributed by atoms with Crippen molar-refractivity contribution in [1.29, 1.82) is 0 Å². The van der Waals surface area contributed by atoms with Gasteiger partial charge in [0.15, 0.2) is 0 Å². The fraction of sp³-hybridized carbons (Fsp3) is 0.615. The maximum Gasteiger partial charge on any atom is 0.328 e. The van der Waals surface area contributed by atoms with Gasteiger partial charge in [-0.3, -0.25) is 14.4 Å². The van der Waals surface area contributed by atoms with Gasteiger partial charge < -0.3 is 20.3 Å². The van der Waals surface area contributed by atoms with Gasteiger partial charge >= 0.3 is 5.97 Å². The Kier molecular flexibility index (Phi) is 5.86. The van der Waals surface area contributed by atoms with E-state index in [9.17, 15) is 19.2 Å². The first-order chi connectivity index (χ1) is 16.6. The second-order valence-corrected chi connectivity index (χ2v) is 11.5. The van der Waals surface area contributed by atoms with E-state index >= 15 is 0 Å². The molecule has 5 atom stereocenters. The maximum absolute atomic E-state index is 13.9. The quantitative estimate of drug-likeness (QED) is 0.556. The molecule has 35 heavy (non-hydrogen) atoms. The molecule has 1 aromatic rings. The molecule has 2 saturated carbocycles. The minimum Gasteiger partial charge on any atom is -0.467 e. The molecule has 0 radical (unpaired) electrons. The molecule has 3 amide bonds. The van der Waals surface area contributed by atoms with Gasteiger partial charge in [-0.15, -0.1) is 0 Å². The van der Waals surface area contributed by atoms with Crippen molar-refractivity contribution in [3.63, 3.8) is 0 Å². The molecule has 0 aromatic heterocycles. The van der Waals surface area contributed by atoms with Gasteiger partial charge in [0.05, 0.1) is 12.5 Å². The van der Waals surface area contributed by atoms with Crippen molar-refractivity contribution in [2.45, 2.75) is 57.0 Å². The van der Waals surface area contributed by atoms with Crippen LogP contribution < -0.4 is 10.6 Å². The summed E-state index contributed by atoms with van der Waals surface area (Å²) in [4.78, 5) is 53.9. The van der Waals surface area contributed by atoms with Gasteiger partial charge in [0.1, 0.15) is 12.1 Å². The number of benzene rings is 1. The summed E-state index contributed by atoms with van der Waals surface area (Å²) >= 11 is 6.21. The number of likely N-dealkylation sites (tertiary alicyclic amines) is 1. The molecule has 0 unspecified atom stereocenters. The molecule has 188 valence electrons. The number of rotatable bonds is 7. The van der Waals surface area contributed by atoms with Crippen molar-refractivity contribution in [2.24, 2.45) is 23.2 Å². The Morgan fingerprint density at radius 2 is 2.03 bits per heavy atom. The molecule has 2 aliphatic heterocycles. The molecule has 4 aliphatic rings. The number of piperidine rings is 1. The number of carbonyl (C=O) groups excluding carboxylic acids is 4. The van der Waals surface area contributed by atoms with Crippen molar-refractivity contribution >= 4 is 35.3 Å². The molecule has 2 saturated heterocycles. The zero-order chi connectivity index (χ0) is 25.1. The third-order valence-corrected chi connectivity index (χ3v) is 8.99. The molecule has 1 aromatic carbocycles. The van der Waals surface area contributed by atoms with Crippen LogP contribution in [0, 0.1) is 23.2 Å². The second kappa shape index (κ2) is 8.50. The van der Waals surface area contributed by atoms with Gasteiger partial charge in [0.25, 0.3) is 0 Å². The third kappa shape index (κ3) is 3.99. The Bertz CT molecular complexity index is 1080. The molecule has 2 aliphatic carbocycles.